The predicted molar refractivity (Wildman–Crippen MR) is 93.3 cm³/mol. The zero-order valence-corrected chi connectivity index (χ0v) is 16.3. The molecule has 162 valence electrons. The number of hydrogen-bond acceptors (Lipinski definition) is 5. The molecule has 2 atom stereocenters. The standard InChI is InChI=1S/C19H23F4NO5/c1-18(2,3)29-17(25)24-9-12(4-6-13(24)10-26-16(20)21)11-5-7-14-15(8-11)28-19(22,23)27-14/h5,7-8,12-13,16H,4,6,9-10H2,1-3H3. The van der Waals surface area contributed by atoms with Gasteiger partial charge in [0.15, 0.2) is 11.5 Å². The summed E-state index contributed by atoms with van der Waals surface area (Å²) >= 11 is 0. The number of likely N-dealkylation sites (tertiary alicyclic amines) is 1. The van der Waals surface area contributed by atoms with Crippen molar-refractivity contribution in [3.8, 4) is 11.5 Å². The number of ether oxygens (including phenoxy) is 4. The van der Waals surface area contributed by atoms with Gasteiger partial charge in [-0.1, -0.05) is 6.07 Å². The molecule has 0 aromatic heterocycles. The van der Waals surface area contributed by atoms with E-state index < -0.39 is 30.6 Å². The Balaban J connectivity index is 1.76. The molecule has 2 aliphatic rings. The third kappa shape index (κ3) is 5.43. The molecule has 6 nitrogen and oxygen atoms in total. The van der Waals surface area contributed by atoms with Crippen molar-refractivity contribution < 1.29 is 41.3 Å². The number of halogens is 4. The Labute approximate surface area is 165 Å². The predicted octanol–water partition coefficient (Wildman–Crippen LogP) is 4.73. The maximum atomic E-state index is 13.2. The summed E-state index contributed by atoms with van der Waals surface area (Å²) in [6, 6.07) is 3.88. The lowest BCUT2D eigenvalue weighted by Crippen LogP contribution is -2.50. The molecule has 10 heteroatoms. The van der Waals surface area contributed by atoms with Gasteiger partial charge in [0.25, 0.3) is 0 Å². The molecule has 0 radical (unpaired) electrons. The molecular weight excluding hydrogens is 398 g/mol. The lowest BCUT2D eigenvalue weighted by atomic mass is 9.87. The number of fused-ring (bicyclic) bond motifs is 1. The Hall–Kier alpha value is -2.23. The van der Waals surface area contributed by atoms with Gasteiger partial charge in [-0.2, -0.15) is 8.78 Å². The van der Waals surface area contributed by atoms with Crippen LogP contribution in [0.3, 0.4) is 0 Å². The fourth-order valence-corrected chi connectivity index (χ4v) is 3.42. The maximum absolute atomic E-state index is 13.2. The Bertz CT molecular complexity index is 753. The molecule has 2 heterocycles. The topological polar surface area (TPSA) is 57.2 Å². The second-order valence-corrected chi connectivity index (χ2v) is 8.03. The fraction of sp³-hybridized carbons (Fsp3) is 0.632. The molecule has 29 heavy (non-hydrogen) atoms. The SMILES string of the molecule is CC(C)(C)OC(=O)N1CC(c2ccc3c(c2)OC(F)(F)O3)CCC1COC(F)F. The molecule has 1 aromatic rings. The first-order valence-electron chi connectivity index (χ1n) is 9.23. The molecule has 0 aliphatic carbocycles. The van der Waals surface area contributed by atoms with E-state index in [1.165, 1.54) is 17.0 Å². The molecule has 3 rings (SSSR count). The Morgan fingerprint density at radius 1 is 1.24 bits per heavy atom. The highest BCUT2D eigenvalue weighted by molar-refractivity contribution is 5.69. The quantitative estimate of drug-likeness (QED) is 0.658. The van der Waals surface area contributed by atoms with Gasteiger partial charge in [-0.05, 0) is 51.3 Å². The van der Waals surface area contributed by atoms with Crippen molar-refractivity contribution in [3.05, 3.63) is 23.8 Å². The van der Waals surface area contributed by atoms with E-state index in [2.05, 4.69) is 14.2 Å². The van der Waals surface area contributed by atoms with Crippen LogP contribution in [0.25, 0.3) is 0 Å². The van der Waals surface area contributed by atoms with Gasteiger partial charge in [0, 0.05) is 12.5 Å². The average Bonchev–Trinajstić information content (AvgIpc) is 2.91. The van der Waals surface area contributed by atoms with Crippen LogP contribution in [0.4, 0.5) is 22.4 Å². The van der Waals surface area contributed by atoms with E-state index in [0.29, 0.717) is 18.4 Å². The minimum absolute atomic E-state index is 0.0678. The summed E-state index contributed by atoms with van der Waals surface area (Å²) in [5, 5.41) is 0. The zero-order chi connectivity index (χ0) is 21.4. The number of alkyl halides is 4. The van der Waals surface area contributed by atoms with E-state index in [0.717, 1.165) is 0 Å². The molecule has 1 amide bonds. The van der Waals surface area contributed by atoms with Crippen LogP contribution in [0.1, 0.15) is 45.1 Å². The van der Waals surface area contributed by atoms with Crippen LogP contribution in [-0.4, -0.2) is 48.7 Å². The maximum Gasteiger partial charge on any atom is 0.586 e. The van der Waals surface area contributed by atoms with Crippen molar-refractivity contribution >= 4 is 6.09 Å². The minimum atomic E-state index is -3.71. The smallest absolute Gasteiger partial charge is 0.444 e. The minimum Gasteiger partial charge on any atom is -0.444 e. The lowest BCUT2D eigenvalue weighted by molar-refractivity contribution is -0.286. The van der Waals surface area contributed by atoms with Gasteiger partial charge in [-0.25, -0.2) is 4.79 Å². The van der Waals surface area contributed by atoms with E-state index in [1.807, 2.05) is 0 Å². The average molecular weight is 421 g/mol. The highest BCUT2D eigenvalue weighted by Gasteiger charge is 2.44. The number of piperidine rings is 1. The lowest BCUT2D eigenvalue weighted by Gasteiger charge is -2.40. The summed E-state index contributed by atoms with van der Waals surface area (Å²) in [5.74, 6) is -0.366. The number of benzene rings is 1. The van der Waals surface area contributed by atoms with Crippen molar-refractivity contribution in [2.45, 2.75) is 64.1 Å². The van der Waals surface area contributed by atoms with Gasteiger partial charge in [-0.3, -0.25) is 0 Å². The van der Waals surface area contributed by atoms with Gasteiger partial charge in [0.1, 0.15) is 5.60 Å². The number of carbonyl (C=O) groups is 1. The van der Waals surface area contributed by atoms with Crippen molar-refractivity contribution in [3.63, 3.8) is 0 Å². The van der Waals surface area contributed by atoms with Gasteiger partial charge < -0.3 is 23.8 Å². The first-order chi connectivity index (χ1) is 13.4. The molecule has 1 saturated heterocycles. The third-order valence-electron chi connectivity index (χ3n) is 4.65. The Morgan fingerprint density at radius 3 is 2.59 bits per heavy atom. The van der Waals surface area contributed by atoms with E-state index in [1.54, 1.807) is 26.8 Å². The van der Waals surface area contributed by atoms with Crippen LogP contribution in [-0.2, 0) is 9.47 Å². The molecule has 2 aliphatic heterocycles. The van der Waals surface area contributed by atoms with Crippen LogP contribution >= 0.6 is 0 Å². The van der Waals surface area contributed by atoms with Crippen LogP contribution in [0.5, 0.6) is 11.5 Å². The summed E-state index contributed by atoms with van der Waals surface area (Å²) < 4.78 is 70.1. The second-order valence-electron chi connectivity index (χ2n) is 8.03. The highest BCUT2D eigenvalue weighted by atomic mass is 19.3. The molecule has 1 fully saturated rings. The Kier molecular flexibility index (Phi) is 5.84. The first-order valence-corrected chi connectivity index (χ1v) is 9.23. The highest BCUT2D eigenvalue weighted by Crippen LogP contribution is 2.43. The normalized spacial score (nSPS) is 23.4. The van der Waals surface area contributed by atoms with Gasteiger partial charge >= 0.3 is 19.0 Å². The van der Waals surface area contributed by atoms with E-state index in [9.17, 15) is 22.4 Å². The van der Waals surface area contributed by atoms with Crippen molar-refractivity contribution in [2.75, 3.05) is 13.2 Å². The molecule has 0 N–H and O–H groups in total. The molecule has 0 saturated carbocycles. The van der Waals surface area contributed by atoms with Gasteiger partial charge in [0.05, 0.1) is 12.6 Å². The number of rotatable bonds is 4. The largest absolute Gasteiger partial charge is 0.586 e. The number of carbonyl (C=O) groups excluding carboxylic acids is 1. The molecule has 0 bridgehead atoms. The summed E-state index contributed by atoms with van der Waals surface area (Å²) in [4.78, 5) is 14.0. The van der Waals surface area contributed by atoms with E-state index >= 15 is 0 Å². The summed E-state index contributed by atoms with van der Waals surface area (Å²) in [5.41, 5.74) is -0.0884. The third-order valence-corrected chi connectivity index (χ3v) is 4.65. The van der Waals surface area contributed by atoms with Crippen molar-refractivity contribution in [1.82, 2.24) is 4.90 Å². The monoisotopic (exact) mass is 421 g/mol. The van der Waals surface area contributed by atoms with Crippen molar-refractivity contribution in [1.29, 1.82) is 0 Å². The molecular formula is C19H23F4NO5. The van der Waals surface area contributed by atoms with Gasteiger partial charge in [0.2, 0.25) is 0 Å². The number of nitrogens with zero attached hydrogens (tertiary/aromatic N) is 1. The Morgan fingerprint density at radius 2 is 1.93 bits per heavy atom. The number of hydrogen-bond donors (Lipinski definition) is 0. The molecule has 0 spiro atoms. The van der Waals surface area contributed by atoms with E-state index in [-0.39, 0.29) is 30.6 Å². The van der Waals surface area contributed by atoms with Crippen LogP contribution < -0.4 is 9.47 Å². The molecule has 1 aromatic carbocycles. The zero-order valence-electron chi connectivity index (χ0n) is 16.3. The van der Waals surface area contributed by atoms with Crippen LogP contribution in [0, 0.1) is 0 Å². The molecule has 2 unspecified atom stereocenters. The van der Waals surface area contributed by atoms with Gasteiger partial charge in [-0.15, -0.1) is 8.78 Å². The summed E-state index contributed by atoms with van der Waals surface area (Å²) in [6.45, 7) is 2.02. The van der Waals surface area contributed by atoms with Crippen LogP contribution in [0.15, 0.2) is 18.2 Å². The first kappa shape index (κ1) is 21.5. The fourth-order valence-electron chi connectivity index (χ4n) is 3.42. The summed E-state index contributed by atoms with van der Waals surface area (Å²) in [7, 11) is 0. The van der Waals surface area contributed by atoms with E-state index in [4.69, 9.17) is 4.74 Å². The van der Waals surface area contributed by atoms with Crippen molar-refractivity contribution in [2.24, 2.45) is 0 Å². The number of amides is 1. The second kappa shape index (κ2) is 7.89. The van der Waals surface area contributed by atoms with Crippen LogP contribution in [0.2, 0.25) is 0 Å². The summed E-state index contributed by atoms with van der Waals surface area (Å²) in [6.07, 6.45) is -3.42.